The van der Waals surface area contributed by atoms with Crippen LogP contribution in [0.5, 0.6) is 0 Å². The van der Waals surface area contributed by atoms with E-state index in [1.165, 1.54) is 12.8 Å². The molecule has 3 N–H and O–H groups in total. The number of nitrogens with one attached hydrogen (secondary N) is 1. The fourth-order valence-corrected chi connectivity index (χ4v) is 2.78. The van der Waals surface area contributed by atoms with Crippen molar-refractivity contribution in [3.05, 3.63) is 23.8 Å². The van der Waals surface area contributed by atoms with Gasteiger partial charge in [0.25, 0.3) is 0 Å². The highest BCUT2D eigenvalue weighted by molar-refractivity contribution is 5.95. The quantitative estimate of drug-likeness (QED) is 0.831. The number of carbonyl (C=O) groups is 1. The zero-order valence-electron chi connectivity index (χ0n) is 12.6. The van der Waals surface area contributed by atoms with Crippen molar-refractivity contribution >= 4 is 17.3 Å². The van der Waals surface area contributed by atoms with Crippen molar-refractivity contribution in [2.75, 3.05) is 24.1 Å². The summed E-state index contributed by atoms with van der Waals surface area (Å²) in [6.07, 6.45) is 2.40. The van der Waals surface area contributed by atoms with Crippen LogP contribution in [-0.4, -0.2) is 29.9 Å². The van der Waals surface area contributed by atoms with Gasteiger partial charge in [0.05, 0.1) is 6.04 Å². The molecule has 20 heavy (non-hydrogen) atoms. The fourth-order valence-electron chi connectivity index (χ4n) is 2.78. The molecule has 1 aliphatic rings. The zero-order valence-corrected chi connectivity index (χ0v) is 12.6. The van der Waals surface area contributed by atoms with Crippen molar-refractivity contribution in [2.45, 2.75) is 39.7 Å². The molecule has 4 heteroatoms. The lowest BCUT2D eigenvalue weighted by atomic mass is 10.1. The summed E-state index contributed by atoms with van der Waals surface area (Å²) in [6.45, 7) is 8.22. The van der Waals surface area contributed by atoms with E-state index < -0.39 is 0 Å². The van der Waals surface area contributed by atoms with Crippen molar-refractivity contribution in [1.82, 2.24) is 4.90 Å². The molecule has 0 aromatic heterocycles. The standard InChI is InChI=1S/C16H25N3O/c1-4-13-7-8-19(10-13)12(3)16(20)18-15-6-5-14(17)9-11(15)2/h5-6,9,12-13H,4,7-8,10,17H2,1-3H3,(H,18,20). The van der Waals surface area contributed by atoms with Gasteiger partial charge in [-0.1, -0.05) is 13.3 Å². The molecule has 0 saturated carbocycles. The van der Waals surface area contributed by atoms with Crippen LogP contribution in [0.3, 0.4) is 0 Å². The Balaban J connectivity index is 1.97. The third-order valence-corrected chi connectivity index (χ3v) is 4.33. The Morgan fingerprint density at radius 2 is 2.30 bits per heavy atom. The van der Waals surface area contributed by atoms with Gasteiger partial charge in [0.1, 0.15) is 0 Å². The predicted molar refractivity (Wildman–Crippen MR) is 83.7 cm³/mol. The second-order valence-electron chi connectivity index (χ2n) is 5.80. The Labute approximate surface area is 121 Å². The highest BCUT2D eigenvalue weighted by Gasteiger charge is 2.28. The van der Waals surface area contributed by atoms with Gasteiger partial charge in [-0.05, 0) is 56.5 Å². The summed E-state index contributed by atoms with van der Waals surface area (Å²) in [4.78, 5) is 14.6. The second kappa shape index (κ2) is 6.27. The maximum atomic E-state index is 12.3. The summed E-state index contributed by atoms with van der Waals surface area (Å²) in [5.41, 5.74) is 8.30. The average Bonchev–Trinajstić information content (AvgIpc) is 2.89. The van der Waals surface area contributed by atoms with Crippen LogP contribution in [0.4, 0.5) is 11.4 Å². The second-order valence-corrected chi connectivity index (χ2v) is 5.80. The van der Waals surface area contributed by atoms with E-state index in [1.54, 1.807) is 0 Å². The van der Waals surface area contributed by atoms with Crippen LogP contribution in [0.1, 0.15) is 32.3 Å². The van der Waals surface area contributed by atoms with Gasteiger partial charge < -0.3 is 11.1 Å². The molecule has 2 atom stereocenters. The van der Waals surface area contributed by atoms with Crippen LogP contribution in [-0.2, 0) is 4.79 Å². The lowest BCUT2D eigenvalue weighted by molar-refractivity contribution is -0.120. The zero-order chi connectivity index (χ0) is 14.7. The summed E-state index contributed by atoms with van der Waals surface area (Å²) < 4.78 is 0. The summed E-state index contributed by atoms with van der Waals surface area (Å²) in [6, 6.07) is 5.48. The van der Waals surface area contributed by atoms with Crippen LogP contribution in [0.15, 0.2) is 18.2 Å². The first-order valence-electron chi connectivity index (χ1n) is 7.42. The highest BCUT2D eigenvalue weighted by Crippen LogP contribution is 2.22. The van der Waals surface area contributed by atoms with Gasteiger partial charge in [-0.3, -0.25) is 9.69 Å². The molecule has 1 aromatic carbocycles. The van der Waals surface area contributed by atoms with E-state index in [0.717, 1.165) is 35.9 Å². The van der Waals surface area contributed by atoms with Gasteiger partial charge in [-0.2, -0.15) is 0 Å². The monoisotopic (exact) mass is 275 g/mol. The Morgan fingerprint density at radius 3 is 2.90 bits per heavy atom. The van der Waals surface area contributed by atoms with E-state index in [0.29, 0.717) is 0 Å². The minimum Gasteiger partial charge on any atom is -0.399 e. The number of nitrogens with two attached hydrogens (primary N) is 1. The molecule has 0 aliphatic carbocycles. The van der Waals surface area contributed by atoms with Crippen molar-refractivity contribution in [2.24, 2.45) is 5.92 Å². The first-order valence-corrected chi connectivity index (χ1v) is 7.42. The van der Waals surface area contributed by atoms with Gasteiger partial charge in [-0.15, -0.1) is 0 Å². The largest absolute Gasteiger partial charge is 0.399 e. The molecule has 2 rings (SSSR count). The van der Waals surface area contributed by atoms with E-state index >= 15 is 0 Å². The van der Waals surface area contributed by atoms with Crippen LogP contribution >= 0.6 is 0 Å². The van der Waals surface area contributed by atoms with Gasteiger partial charge in [0.15, 0.2) is 0 Å². The Bertz CT molecular complexity index is 487. The number of hydrogen-bond donors (Lipinski definition) is 2. The van der Waals surface area contributed by atoms with Crippen molar-refractivity contribution in [3.8, 4) is 0 Å². The summed E-state index contributed by atoms with van der Waals surface area (Å²) in [5, 5.41) is 3.01. The number of benzene rings is 1. The van der Waals surface area contributed by atoms with Crippen LogP contribution in [0, 0.1) is 12.8 Å². The van der Waals surface area contributed by atoms with Crippen LogP contribution in [0.2, 0.25) is 0 Å². The van der Waals surface area contributed by atoms with Gasteiger partial charge >= 0.3 is 0 Å². The molecule has 1 aromatic rings. The van der Waals surface area contributed by atoms with E-state index in [4.69, 9.17) is 5.73 Å². The lowest BCUT2D eigenvalue weighted by Crippen LogP contribution is -2.40. The minimum absolute atomic E-state index is 0.0645. The number of carbonyl (C=O) groups excluding carboxylic acids is 1. The number of rotatable bonds is 4. The molecule has 0 radical (unpaired) electrons. The van der Waals surface area contributed by atoms with Gasteiger partial charge in [0.2, 0.25) is 5.91 Å². The first kappa shape index (κ1) is 14.9. The van der Waals surface area contributed by atoms with Crippen molar-refractivity contribution < 1.29 is 4.79 Å². The summed E-state index contributed by atoms with van der Waals surface area (Å²) in [5.74, 6) is 0.804. The number of nitrogen functional groups attached to an aromatic ring is 1. The Morgan fingerprint density at radius 1 is 1.55 bits per heavy atom. The first-order chi connectivity index (χ1) is 9.51. The third kappa shape index (κ3) is 3.31. The number of likely N-dealkylation sites (tertiary alicyclic amines) is 1. The van der Waals surface area contributed by atoms with Crippen molar-refractivity contribution in [3.63, 3.8) is 0 Å². The SMILES string of the molecule is CCC1CCN(C(C)C(=O)Nc2ccc(N)cc2C)C1. The van der Waals surface area contributed by atoms with Gasteiger partial charge in [-0.25, -0.2) is 0 Å². The number of amides is 1. The third-order valence-electron chi connectivity index (χ3n) is 4.33. The lowest BCUT2D eigenvalue weighted by Gasteiger charge is -2.23. The smallest absolute Gasteiger partial charge is 0.241 e. The number of aryl methyl sites for hydroxylation is 1. The van der Waals surface area contributed by atoms with Crippen LogP contribution in [0.25, 0.3) is 0 Å². The topological polar surface area (TPSA) is 58.4 Å². The van der Waals surface area contributed by atoms with Crippen LogP contribution < -0.4 is 11.1 Å². The maximum absolute atomic E-state index is 12.3. The summed E-state index contributed by atoms with van der Waals surface area (Å²) in [7, 11) is 0. The van der Waals surface area contributed by atoms with E-state index in [2.05, 4.69) is 17.1 Å². The van der Waals surface area contributed by atoms with E-state index in [9.17, 15) is 4.79 Å². The van der Waals surface area contributed by atoms with Gasteiger partial charge in [0, 0.05) is 17.9 Å². The number of anilines is 2. The molecule has 1 fully saturated rings. The molecule has 2 unspecified atom stereocenters. The Kier molecular flexibility index (Phi) is 4.65. The van der Waals surface area contributed by atoms with E-state index in [1.807, 2.05) is 32.0 Å². The molecule has 110 valence electrons. The van der Waals surface area contributed by atoms with Crippen molar-refractivity contribution in [1.29, 1.82) is 0 Å². The minimum atomic E-state index is -0.0801. The number of hydrogen-bond acceptors (Lipinski definition) is 3. The van der Waals surface area contributed by atoms with E-state index in [-0.39, 0.29) is 11.9 Å². The molecule has 4 nitrogen and oxygen atoms in total. The molecule has 1 heterocycles. The maximum Gasteiger partial charge on any atom is 0.241 e. The average molecular weight is 275 g/mol. The molecule has 1 aliphatic heterocycles. The molecule has 1 amide bonds. The molecule has 0 bridgehead atoms. The molecular formula is C16H25N3O. The number of nitrogens with zero attached hydrogens (tertiary/aromatic N) is 1. The Hall–Kier alpha value is -1.55. The molecule has 1 saturated heterocycles. The molecule has 0 spiro atoms. The summed E-state index contributed by atoms with van der Waals surface area (Å²) >= 11 is 0. The highest BCUT2D eigenvalue weighted by atomic mass is 16.2. The predicted octanol–water partition coefficient (Wildman–Crippen LogP) is 2.64. The normalized spacial score (nSPS) is 20.9. The molecular weight excluding hydrogens is 250 g/mol. The fraction of sp³-hybridized carbons (Fsp3) is 0.562.